The van der Waals surface area contributed by atoms with Crippen LogP contribution in [0, 0.1) is 0 Å². The Hall–Kier alpha value is -3.13. The van der Waals surface area contributed by atoms with E-state index in [0.29, 0.717) is 16.5 Å². The molecule has 0 saturated carbocycles. The second-order valence-electron chi connectivity index (χ2n) is 4.95. The first-order chi connectivity index (χ1) is 12.1. The average molecular weight is 358 g/mol. The lowest BCUT2D eigenvalue weighted by molar-refractivity contribution is -0.119. The van der Waals surface area contributed by atoms with Gasteiger partial charge in [-0.15, -0.1) is 11.3 Å². The van der Waals surface area contributed by atoms with E-state index in [0.717, 1.165) is 0 Å². The predicted octanol–water partition coefficient (Wildman–Crippen LogP) is 2.62. The maximum atomic E-state index is 12.3. The molecule has 2 aromatic heterocycles. The zero-order valence-corrected chi connectivity index (χ0v) is 13.8. The highest BCUT2D eigenvalue weighted by Gasteiger charge is 2.15. The fourth-order valence-corrected chi connectivity index (χ4v) is 2.78. The van der Waals surface area contributed by atoms with Gasteiger partial charge in [-0.2, -0.15) is 0 Å². The summed E-state index contributed by atoms with van der Waals surface area (Å²) in [5.74, 6) is -0.308. The van der Waals surface area contributed by atoms with Gasteiger partial charge in [-0.3, -0.25) is 4.79 Å². The van der Waals surface area contributed by atoms with E-state index >= 15 is 0 Å². The van der Waals surface area contributed by atoms with Crippen LogP contribution in [0.25, 0.3) is 10.8 Å². The first kappa shape index (κ1) is 16.7. The minimum absolute atomic E-state index is 0.0141. The van der Waals surface area contributed by atoms with Crippen molar-refractivity contribution in [2.45, 2.75) is 6.61 Å². The molecule has 0 aliphatic heterocycles. The molecule has 3 aromatic rings. The minimum Gasteiger partial charge on any atom is -0.483 e. The van der Waals surface area contributed by atoms with Gasteiger partial charge < -0.3 is 19.6 Å². The summed E-state index contributed by atoms with van der Waals surface area (Å²) in [6.07, 6.45) is 1.57. The van der Waals surface area contributed by atoms with E-state index in [1.54, 1.807) is 48.0 Å². The number of carbonyl (C=O) groups is 2. The second kappa shape index (κ2) is 7.63. The number of furan rings is 1. The lowest BCUT2D eigenvalue weighted by Crippen LogP contribution is -2.21. The number of aromatic nitrogens is 1. The van der Waals surface area contributed by atoms with E-state index in [-0.39, 0.29) is 24.5 Å². The van der Waals surface area contributed by atoms with Crippen molar-refractivity contribution in [1.29, 1.82) is 0 Å². The van der Waals surface area contributed by atoms with E-state index < -0.39 is 11.9 Å². The monoisotopic (exact) mass is 358 g/mol. The number of hydrogen-bond acceptors (Lipinski definition) is 7. The largest absolute Gasteiger partial charge is 0.483 e. The highest BCUT2D eigenvalue weighted by atomic mass is 32.1. The Bertz CT molecular complexity index is 873. The fraction of sp³-hybridized carbons (Fsp3) is 0.118. The molecular weight excluding hydrogens is 344 g/mol. The van der Waals surface area contributed by atoms with Gasteiger partial charge in [0.15, 0.2) is 17.4 Å². The normalized spacial score (nSPS) is 10.4. The van der Waals surface area contributed by atoms with Crippen molar-refractivity contribution in [2.24, 2.45) is 5.73 Å². The van der Waals surface area contributed by atoms with Crippen LogP contribution in [-0.2, 0) is 16.1 Å². The number of nitrogens with zero attached hydrogens (tertiary/aromatic N) is 1. The molecule has 0 aliphatic carbocycles. The van der Waals surface area contributed by atoms with E-state index in [4.69, 9.17) is 19.6 Å². The fourth-order valence-electron chi connectivity index (χ4n) is 2.01. The summed E-state index contributed by atoms with van der Waals surface area (Å²) in [6.45, 7) is -0.302. The van der Waals surface area contributed by atoms with Crippen molar-refractivity contribution in [3.05, 3.63) is 59.3 Å². The lowest BCUT2D eigenvalue weighted by atomic mass is 10.2. The van der Waals surface area contributed by atoms with Crippen LogP contribution in [0.5, 0.6) is 5.75 Å². The first-order valence-corrected chi connectivity index (χ1v) is 8.17. The Morgan fingerprint density at radius 2 is 2.04 bits per heavy atom. The van der Waals surface area contributed by atoms with Crippen molar-refractivity contribution in [3.8, 4) is 16.5 Å². The molecule has 3 rings (SSSR count). The zero-order valence-electron chi connectivity index (χ0n) is 13.0. The van der Waals surface area contributed by atoms with Crippen molar-refractivity contribution in [1.82, 2.24) is 4.98 Å². The van der Waals surface area contributed by atoms with E-state index in [1.165, 1.54) is 11.3 Å². The van der Waals surface area contributed by atoms with Crippen LogP contribution in [0.15, 0.2) is 52.5 Å². The molecule has 25 heavy (non-hydrogen) atoms. The third-order valence-corrected chi connectivity index (χ3v) is 4.02. The van der Waals surface area contributed by atoms with E-state index in [1.807, 2.05) is 0 Å². The number of nitrogens with two attached hydrogens (primary N) is 1. The predicted molar refractivity (Wildman–Crippen MR) is 90.1 cm³/mol. The van der Waals surface area contributed by atoms with Gasteiger partial charge in [0.25, 0.3) is 5.91 Å². The number of hydrogen-bond donors (Lipinski definition) is 1. The molecule has 0 spiro atoms. The van der Waals surface area contributed by atoms with Crippen LogP contribution < -0.4 is 10.5 Å². The summed E-state index contributed by atoms with van der Waals surface area (Å²) in [6, 6.07) is 10.1. The number of para-hydroxylation sites is 1. The summed E-state index contributed by atoms with van der Waals surface area (Å²) in [7, 11) is 0. The van der Waals surface area contributed by atoms with Gasteiger partial charge >= 0.3 is 5.97 Å². The van der Waals surface area contributed by atoms with Gasteiger partial charge in [-0.25, -0.2) is 9.78 Å². The molecule has 1 amide bonds. The van der Waals surface area contributed by atoms with Gasteiger partial charge in [-0.1, -0.05) is 12.1 Å². The van der Waals surface area contributed by atoms with E-state index in [2.05, 4.69) is 4.98 Å². The molecule has 0 aliphatic rings. The zero-order chi connectivity index (χ0) is 17.6. The molecule has 0 radical (unpaired) electrons. The Kier molecular flexibility index (Phi) is 5.10. The number of carbonyl (C=O) groups excluding carboxylic acids is 2. The van der Waals surface area contributed by atoms with Crippen LogP contribution in [0.2, 0.25) is 0 Å². The summed E-state index contributed by atoms with van der Waals surface area (Å²) in [4.78, 5) is 27.4. The highest BCUT2D eigenvalue weighted by molar-refractivity contribution is 7.13. The van der Waals surface area contributed by atoms with Crippen LogP contribution in [0.3, 0.4) is 0 Å². The third-order valence-electron chi connectivity index (χ3n) is 3.11. The molecule has 2 heterocycles. The molecule has 2 N–H and O–H groups in total. The number of ether oxygens (including phenoxy) is 2. The molecule has 7 nitrogen and oxygen atoms in total. The van der Waals surface area contributed by atoms with Gasteiger partial charge in [0.05, 0.1) is 12.0 Å². The standard InChI is InChI=1S/C17H14N2O5S/c18-15(20)9-23-13-5-2-1-4-12(13)17(21)24-8-11-10-25-16(19-11)14-6-3-7-22-14/h1-7,10H,8-9H2,(H2,18,20). The molecule has 8 heteroatoms. The molecule has 1 aromatic carbocycles. The van der Waals surface area contributed by atoms with Gasteiger partial charge in [0.2, 0.25) is 0 Å². The van der Waals surface area contributed by atoms with E-state index in [9.17, 15) is 9.59 Å². The van der Waals surface area contributed by atoms with Crippen molar-refractivity contribution in [2.75, 3.05) is 6.61 Å². The van der Waals surface area contributed by atoms with Crippen LogP contribution in [-0.4, -0.2) is 23.5 Å². The second-order valence-corrected chi connectivity index (χ2v) is 5.81. The molecular formula is C17H14N2O5S. The average Bonchev–Trinajstić information content (AvgIpc) is 3.29. The number of amides is 1. The molecule has 0 saturated heterocycles. The number of primary amides is 1. The number of benzene rings is 1. The number of thiazole rings is 1. The molecule has 0 atom stereocenters. The van der Waals surface area contributed by atoms with Crippen LogP contribution in [0.1, 0.15) is 16.1 Å². The SMILES string of the molecule is NC(=O)COc1ccccc1C(=O)OCc1csc(-c2ccco2)n1. The number of rotatable bonds is 7. The van der Waals surface area contributed by atoms with Crippen LogP contribution in [0.4, 0.5) is 0 Å². The molecule has 0 bridgehead atoms. The smallest absolute Gasteiger partial charge is 0.342 e. The maximum absolute atomic E-state index is 12.3. The highest BCUT2D eigenvalue weighted by Crippen LogP contribution is 2.25. The molecule has 0 unspecified atom stereocenters. The molecule has 0 fully saturated rings. The maximum Gasteiger partial charge on any atom is 0.342 e. The van der Waals surface area contributed by atoms with Crippen molar-refractivity contribution in [3.63, 3.8) is 0 Å². The molecule has 128 valence electrons. The Balaban J connectivity index is 1.64. The summed E-state index contributed by atoms with van der Waals surface area (Å²) < 4.78 is 15.8. The summed E-state index contributed by atoms with van der Waals surface area (Å²) in [5.41, 5.74) is 5.87. The minimum atomic E-state index is -0.629. The topological polar surface area (TPSA) is 105 Å². The number of esters is 1. The Labute approximate surface area is 147 Å². The first-order valence-electron chi connectivity index (χ1n) is 7.29. The quantitative estimate of drug-likeness (QED) is 0.651. The summed E-state index contributed by atoms with van der Waals surface area (Å²) in [5, 5.41) is 2.50. The lowest BCUT2D eigenvalue weighted by Gasteiger charge is -2.09. The van der Waals surface area contributed by atoms with Gasteiger partial charge in [0, 0.05) is 5.38 Å². The van der Waals surface area contributed by atoms with Crippen molar-refractivity contribution < 1.29 is 23.5 Å². The van der Waals surface area contributed by atoms with Crippen LogP contribution >= 0.6 is 11.3 Å². The Morgan fingerprint density at radius 3 is 2.80 bits per heavy atom. The summed E-state index contributed by atoms with van der Waals surface area (Å²) >= 11 is 1.40. The van der Waals surface area contributed by atoms with Crippen molar-refractivity contribution >= 4 is 23.2 Å². The van der Waals surface area contributed by atoms with Gasteiger partial charge in [-0.05, 0) is 24.3 Å². The van der Waals surface area contributed by atoms with Gasteiger partial charge in [0.1, 0.15) is 17.9 Å². The Morgan fingerprint density at radius 1 is 1.20 bits per heavy atom. The third kappa shape index (κ3) is 4.24.